The summed E-state index contributed by atoms with van der Waals surface area (Å²) in [5.74, 6) is 0. The number of carbonyl (C=O) groups excluding carboxylic acids is 2. The summed E-state index contributed by atoms with van der Waals surface area (Å²) in [4.78, 5) is 29.3. The second-order valence-corrected chi connectivity index (χ2v) is 43.2. The number of benzene rings is 2. The van der Waals surface area contributed by atoms with Crippen LogP contribution in [0.1, 0.15) is 107 Å². The Balaban J connectivity index is 0.000000340. The van der Waals surface area contributed by atoms with Crippen molar-refractivity contribution in [2.45, 2.75) is 206 Å². The van der Waals surface area contributed by atoms with Gasteiger partial charge >= 0.3 is 12.2 Å². The van der Waals surface area contributed by atoms with Gasteiger partial charge in [-0.05, 0) is 96.5 Å². The van der Waals surface area contributed by atoms with Crippen LogP contribution >= 0.6 is 0 Å². The predicted octanol–water partition coefficient (Wildman–Crippen LogP) is 13.6. The average molecular weight is 960 g/mol. The molecule has 14 heteroatoms. The fraction of sp³-hybridized carbons (Fsp3) is 0.720. The van der Waals surface area contributed by atoms with Gasteiger partial charge in [-0.15, -0.1) is 0 Å². The van der Waals surface area contributed by atoms with E-state index in [2.05, 4.69) is 135 Å². The Labute approximate surface area is 394 Å². The minimum atomic E-state index is -2.03. The maximum absolute atomic E-state index is 12.9. The lowest BCUT2D eigenvalue weighted by Gasteiger charge is -2.48. The SMILES string of the molecule is CC(C)(C)[Si](C)(C)O[C@@H]1CCN(C(=O)OCc2ccccc2)C[C@H]1O[Si](C)(C)C(C)(C)C.CC(C)(C)[Si](C)(C)O[C@H]1CCN(C(=O)OCc2ccccc2)C[C@@H]1O[Si](C)(C)C(C)(C)C. The number of piperidine rings is 2. The first kappa shape index (κ1) is 56.0. The highest BCUT2D eigenvalue weighted by Gasteiger charge is 2.49. The summed E-state index contributed by atoms with van der Waals surface area (Å²) in [5.41, 5.74) is 1.98. The van der Waals surface area contributed by atoms with E-state index < -0.39 is 33.3 Å². The van der Waals surface area contributed by atoms with Gasteiger partial charge in [-0.25, -0.2) is 9.59 Å². The molecular weight excluding hydrogens is 869 g/mol. The maximum Gasteiger partial charge on any atom is 0.410 e. The van der Waals surface area contributed by atoms with Gasteiger partial charge < -0.3 is 37.0 Å². The van der Waals surface area contributed by atoms with E-state index in [9.17, 15) is 9.59 Å². The fourth-order valence-electron chi connectivity index (χ4n) is 6.46. The van der Waals surface area contributed by atoms with Gasteiger partial charge in [0.15, 0.2) is 33.3 Å². The molecule has 0 aliphatic carbocycles. The molecule has 0 aromatic heterocycles. The number of nitrogens with zero attached hydrogens (tertiary/aromatic N) is 2. The third-order valence-electron chi connectivity index (χ3n) is 14.9. The van der Waals surface area contributed by atoms with E-state index in [1.54, 1.807) is 9.80 Å². The zero-order valence-corrected chi connectivity index (χ0v) is 47.9. The molecule has 2 aromatic rings. The van der Waals surface area contributed by atoms with Crippen LogP contribution in [-0.4, -0.2) is 106 Å². The van der Waals surface area contributed by atoms with Crippen LogP contribution in [0.4, 0.5) is 9.59 Å². The summed E-state index contributed by atoms with van der Waals surface area (Å²) in [6, 6.07) is 19.6. The number of rotatable bonds is 12. The Hall–Kier alpha value is -2.31. The van der Waals surface area contributed by atoms with Gasteiger partial charge in [0.2, 0.25) is 0 Å². The topological polar surface area (TPSA) is 96.0 Å². The van der Waals surface area contributed by atoms with Crippen molar-refractivity contribution < 1.29 is 36.8 Å². The molecule has 2 saturated heterocycles. The van der Waals surface area contributed by atoms with E-state index >= 15 is 0 Å². The van der Waals surface area contributed by atoms with Crippen LogP contribution in [0.3, 0.4) is 0 Å². The highest BCUT2D eigenvalue weighted by Crippen LogP contribution is 2.43. The molecule has 2 aliphatic rings. The van der Waals surface area contributed by atoms with Gasteiger partial charge in [0.05, 0.1) is 37.5 Å². The lowest BCUT2D eigenvalue weighted by atomic mass is 10.1. The molecular formula is C50H90N2O8Si4. The van der Waals surface area contributed by atoms with Crippen molar-refractivity contribution in [1.82, 2.24) is 9.80 Å². The van der Waals surface area contributed by atoms with Gasteiger partial charge in [0, 0.05) is 13.1 Å². The molecule has 0 unspecified atom stereocenters. The number of ether oxygens (including phenoxy) is 2. The molecule has 0 saturated carbocycles. The van der Waals surface area contributed by atoms with Crippen LogP contribution in [0, 0.1) is 0 Å². The van der Waals surface area contributed by atoms with Crippen LogP contribution in [0.15, 0.2) is 60.7 Å². The molecule has 4 atom stereocenters. The molecule has 10 nitrogen and oxygen atoms in total. The molecule has 364 valence electrons. The third-order valence-corrected chi connectivity index (χ3v) is 33.0. The van der Waals surface area contributed by atoms with Crippen molar-refractivity contribution in [1.29, 1.82) is 0 Å². The number of hydrogen-bond donors (Lipinski definition) is 0. The second-order valence-electron chi connectivity index (χ2n) is 24.2. The van der Waals surface area contributed by atoms with Gasteiger partial charge in [-0.2, -0.15) is 0 Å². The van der Waals surface area contributed by atoms with Crippen LogP contribution in [0.2, 0.25) is 72.5 Å². The molecule has 2 heterocycles. The average Bonchev–Trinajstić information content (AvgIpc) is 3.16. The lowest BCUT2D eigenvalue weighted by molar-refractivity contribution is -0.0245. The molecule has 0 N–H and O–H groups in total. The first-order chi connectivity index (χ1) is 29.1. The van der Waals surface area contributed by atoms with Crippen LogP contribution in [-0.2, 0) is 40.4 Å². The first-order valence-corrected chi connectivity index (χ1v) is 35.3. The number of carbonyl (C=O) groups is 2. The molecule has 2 aliphatic heterocycles. The summed E-state index contributed by atoms with van der Waals surface area (Å²) >= 11 is 0. The van der Waals surface area contributed by atoms with E-state index in [0.717, 1.165) is 24.0 Å². The van der Waals surface area contributed by atoms with Crippen molar-refractivity contribution in [3.8, 4) is 0 Å². The summed E-state index contributed by atoms with van der Waals surface area (Å²) in [6.07, 6.45) is 0.725. The monoisotopic (exact) mass is 959 g/mol. The molecule has 2 aromatic carbocycles. The van der Waals surface area contributed by atoms with E-state index in [1.807, 2.05) is 60.7 Å². The number of hydrogen-bond acceptors (Lipinski definition) is 8. The number of amides is 2. The summed E-state index contributed by atoms with van der Waals surface area (Å²) in [5, 5.41) is 0.426. The smallest absolute Gasteiger partial charge is 0.410 e. The van der Waals surface area contributed by atoms with E-state index in [4.69, 9.17) is 27.2 Å². The Bertz CT molecular complexity index is 1640. The van der Waals surface area contributed by atoms with E-state index in [1.165, 1.54) is 0 Å². The van der Waals surface area contributed by atoms with Crippen LogP contribution < -0.4 is 0 Å². The largest absolute Gasteiger partial charge is 0.445 e. The molecule has 0 radical (unpaired) electrons. The van der Waals surface area contributed by atoms with Crippen molar-refractivity contribution in [2.24, 2.45) is 0 Å². The summed E-state index contributed by atoms with van der Waals surface area (Å²) in [7, 11) is -7.99. The minimum Gasteiger partial charge on any atom is -0.445 e. The maximum atomic E-state index is 12.9. The molecule has 0 bridgehead atoms. The standard InChI is InChI=1S/2C25H45NO4Si2/c2*1-24(2,3)31(7,8)29-21-16-17-26(18-22(21)30-32(9,10)25(4,5)6)23(27)28-19-20-14-12-11-13-15-20/h2*11-15,21-22H,16-19H2,1-10H3/t2*21-,22-/m10/s1. The van der Waals surface area contributed by atoms with Crippen molar-refractivity contribution in [3.63, 3.8) is 0 Å². The molecule has 2 fully saturated rings. The molecule has 64 heavy (non-hydrogen) atoms. The predicted molar refractivity (Wildman–Crippen MR) is 274 cm³/mol. The van der Waals surface area contributed by atoms with E-state index in [0.29, 0.717) is 26.2 Å². The minimum absolute atomic E-state index is 0.00295. The zero-order chi connectivity index (χ0) is 48.7. The molecule has 2 amide bonds. The van der Waals surface area contributed by atoms with Gasteiger partial charge in [-0.1, -0.05) is 144 Å². The number of likely N-dealkylation sites (tertiary alicyclic amines) is 2. The zero-order valence-electron chi connectivity index (χ0n) is 43.9. The van der Waals surface area contributed by atoms with Gasteiger partial charge in [0.25, 0.3) is 0 Å². The van der Waals surface area contributed by atoms with Crippen molar-refractivity contribution >= 4 is 45.5 Å². The normalized spacial score (nSPS) is 20.9. The van der Waals surface area contributed by atoms with Gasteiger partial charge in [0.1, 0.15) is 13.2 Å². The quantitative estimate of drug-likeness (QED) is 0.194. The molecule has 4 rings (SSSR count). The lowest BCUT2D eigenvalue weighted by Crippen LogP contribution is -2.58. The van der Waals surface area contributed by atoms with Crippen molar-refractivity contribution in [3.05, 3.63) is 71.8 Å². The van der Waals surface area contributed by atoms with E-state index in [-0.39, 0.29) is 70.0 Å². The summed E-state index contributed by atoms with van der Waals surface area (Å²) < 4.78 is 38.6. The Kier molecular flexibility index (Phi) is 19.0. The van der Waals surface area contributed by atoms with Crippen molar-refractivity contribution in [2.75, 3.05) is 26.2 Å². The van der Waals surface area contributed by atoms with Gasteiger partial charge in [-0.3, -0.25) is 0 Å². The third kappa shape index (κ3) is 15.9. The fourth-order valence-corrected chi connectivity index (χ4v) is 11.9. The highest BCUT2D eigenvalue weighted by molar-refractivity contribution is 6.75. The van der Waals surface area contributed by atoms with Crippen LogP contribution in [0.25, 0.3) is 0 Å². The Morgan fingerprint density at radius 3 is 0.953 bits per heavy atom. The Morgan fingerprint density at radius 2 is 0.703 bits per heavy atom. The molecule has 0 spiro atoms. The second kappa shape index (κ2) is 21.8. The Morgan fingerprint density at radius 1 is 0.453 bits per heavy atom. The first-order valence-electron chi connectivity index (χ1n) is 23.7. The van der Waals surface area contributed by atoms with Crippen LogP contribution in [0.5, 0.6) is 0 Å². The summed E-state index contributed by atoms with van der Waals surface area (Å²) in [6.45, 7) is 48.1. The highest BCUT2D eigenvalue weighted by atomic mass is 28.4.